The Labute approximate surface area is 142 Å². The average molecular weight is 328 g/mol. The van der Waals surface area contributed by atoms with Gasteiger partial charge in [-0.25, -0.2) is 0 Å². The zero-order valence-corrected chi connectivity index (χ0v) is 14.2. The minimum Gasteiger partial charge on any atom is -0.376 e. The van der Waals surface area contributed by atoms with E-state index in [0.717, 1.165) is 38.2 Å². The van der Waals surface area contributed by atoms with Crippen LogP contribution in [0.2, 0.25) is 0 Å². The van der Waals surface area contributed by atoms with E-state index in [0.29, 0.717) is 11.3 Å². The van der Waals surface area contributed by atoms with E-state index in [-0.39, 0.29) is 12.0 Å². The Bertz CT molecular complexity index is 675. The smallest absolute Gasteiger partial charge is 0.255 e. The standard InChI is InChI=1S/C18H24N4O2/c1-3-21(2)16-8-6-14(7-9-16)18(23)20-15-11-19-22(12-15)13-17-5-4-10-24-17/h6-9,11-12,17H,3-5,10,13H2,1-2H3,(H,20,23). The van der Waals surface area contributed by atoms with Crippen LogP contribution < -0.4 is 10.2 Å². The molecule has 3 rings (SSSR count). The van der Waals surface area contributed by atoms with Crippen LogP contribution in [-0.2, 0) is 11.3 Å². The lowest BCUT2D eigenvalue weighted by Crippen LogP contribution is -2.16. The molecule has 6 heteroatoms. The van der Waals surface area contributed by atoms with Crippen molar-refractivity contribution in [1.29, 1.82) is 0 Å². The fraction of sp³-hybridized carbons (Fsp3) is 0.444. The maximum atomic E-state index is 12.3. The highest BCUT2D eigenvalue weighted by Crippen LogP contribution is 2.17. The fourth-order valence-corrected chi connectivity index (χ4v) is 2.78. The quantitative estimate of drug-likeness (QED) is 0.886. The number of amides is 1. The molecule has 2 heterocycles. The Balaban J connectivity index is 1.59. The third kappa shape index (κ3) is 3.94. The molecule has 0 bridgehead atoms. The van der Waals surface area contributed by atoms with E-state index in [1.807, 2.05) is 42.2 Å². The maximum Gasteiger partial charge on any atom is 0.255 e. The fourth-order valence-electron chi connectivity index (χ4n) is 2.78. The number of ether oxygens (including phenoxy) is 1. The molecule has 24 heavy (non-hydrogen) atoms. The van der Waals surface area contributed by atoms with Gasteiger partial charge in [-0.1, -0.05) is 0 Å². The molecule has 1 aromatic heterocycles. The predicted molar refractivity (Wildman–Crippen MR) is 94.5 cm³/mol. The molecule has 0 spiro atoms. The zero-order chi connectivity index (χ0) is 16.9. The molecule has 1 saturated heterocycles. The van der Waals surface area contributed by atoms with E-state index in [9.17, 15) is 4.79 Å². The van der Waals surface area contributed by atoms with Crippen LogP contribution in [0.5, 0.6) is 0 Å². The first-order chi connectivity index (χ1) is 11.7. The highest BCUT2D eigenvalue weighted by Gasteiger charge is 2.16. The molecule has 1 atom stereocenters. The van der Waals surface area contributed by atoms with Crippen LogP contribution in [0.25, 0.3) is 0 Å². The predicted octanol–water partition coefficient (Wildman–Crippen LogP) is 2.77. The van der Waals surface area contributed by atoms with Gasteiger partial charge in [-0.2, -0.15) is 5.10 Å². The molecule has 128 valence electrons. The van der Waals surface area contributed by atoms with Gasteiger partial charge >= 0.3 is 0 Å². The highest BCUT2D eigenvalue weighted by atomic mass is 16.5. The van der Waals surface area contributed by atoms with Gasteiger partial charge in [0.15, 0.2) is 0 Å². The largest absolute Gasteiger partial charge is 0.376 e. The van der Waals surface area contributed by atoms with Crippen molar-refractivity contribution in [3.05, 3.63) is 42.2 Å². The maximum absolute atomic E-state index is 12.3. The van der Waals surface area contributed by atoms with Crippen molar-refractivity contribution in [1.82, 2.24) is 9.78 Å². The number of nitrogens with one attached hydrogen (secondary N) is 1. The molecule has 1 fully saturated rings. The average Bonchev–Trinajstić information content (AvgIpc) is 3.27. The van der Waals surface area contributed by atoms with Gasteiger partial charge < -0.3 is 15.0 Å². The third-order valence-corrected chi connectivity index (χ3v) is 4.35. The minimum atomic E-state index is -0.127. The first kappa shape index (κ1) is 16.5. The van der Waals surface area contributed by atoms with E-state index in [4.69, 9.17) is 4.74 Å². The summed E-state index contributed by atoms with van der Waals surface area (Å²) < 4.78 is 7.43. The van der Waals surface area contributed by atoms with Gasteiger partial charge in [0.1, 0.15) is 0 Å². The van der Waals surface area contributed by atoms with Gasteiger partial charge in [0, 0.05) is 37.6 Å². The third-order valence-electron chi connectivity index (χ3n) is 4.35. The summed E-state index contributed by atoms with van der Waals surface area (Å²) >= 11 is 0. The van der Waals surface area contributed by atoms with Crippen LogP contribution >= 0.6 is 0 Å². The summed E-state index contributed by atoms with van der Waals surface area (Å²) in [7, 11) is 2.03. The Morgan fingerprint density at radius 3 is 2.88 bits per heavy atom. The molecule has 0 saturated carbocycles. The second kappa shape index (κ2) is 7.49. The number of nitrogens with zero attached hydrogens (tertiary/aromatic N) is 3. The van der Waals surface area contributed by atoms with Crippen molar-refractivity contribution >= 4 is 17.3 Å². The van der Waals surface area contributed by atoms with E-state index >= 15 is 0 Å². The number of anilines is 2. The Kier molecular flexibility index (Phi) is 5.15. The molecule has 1 aromatic carbocycles. The normalized spacial score (nSPS) is 17.0. The van der Waals surface area contributed by atoms with Gasteiger partial charge in [0.2, 0.25) is 0 Å². The highest BCUT2D eigenvalue weighted by molar-refractivity contribution is 6.04. The Hall–Kier alpha value is -2.34. The second-order valence-electron chi connectivity index (χ2n) is 6.10. The number of hydrogen-bond donors (Lipinski definition) is 1. The first-order valence-electron chi connectivity index (χ1n) is 8.42. The summed E-state index contributed by atoms with van der Waals surface area (Å²) in [5, 5.41) is 7.18. The van der Waals surface area contributed by atoms with Crippen molar-refractivity contribution in [2.24, 2.45) is 0 Å². The van der Waals surface area contributed by atoms with Gasteiger partial charge in [-0.05, 0) is 44.0 Å². The van der Waals surface area contributed by atoms with Gasteiger partial charge in [-0.15, -0.1) is 0 Å². The molecule has 1 unspecified atom stereocenters. The van der Waals surface area contributed by atoms with Gasteiger partial charge in [0.05, 0.1) is 24.5 Å². The van der Waals surface area contributed by atoms with Crippen molar-refractivity contribution < 1.29 is 9.53 Å². The minimum absolute atomic E-state index is 0.127. The lowest BCUT2D eigenvalue weighted by Gasteiger charge is -2.16. The number of carbonyl (C=O) groups excluding carboxylic acids is 1. The molecule has 2 aromatic rings. The summed E-state index contributed by atoms with van der Waals surface area (Å²) in [5.74, 6) is -0.127. The van der Waals surface area contributed by atoms with Crippen molar-refractivity contribution in [2.45, 2.75) is 32.4 Å². The summed E-state index contributed by atoms with van der Waals surface area (Å²) in [6.45, 7) is 4.58. The summed E-state index contributed by atoms with van der Waals surface area (Å²) in [4.78, 5) is 14.5. The number of benzene rings is 1. The first-order valence-corrected chi connectivity index (χ1v) is 8.42. The van der Waals surface area contributed by atoms with E-state index in [1.54, 1.807) is 6.20 Å². The van der Waals surface area contributed by atoms with Crippen LogP contribution in [0, 0.1) is 0 Å². The van der Waals surface area contributed by atoms with Crippen LogP contribution in [-0.4, -0.2) is 42.0 Å². The van der Waals surface area contributed by atoms with E-state index < -0.39 is 0 Å². The summed E-state index contributed by atoms with van der Waals surface area (Å²) in [6.07, 6.45) is 5.93. The van der Waals surface area contributed by atoms with Crippen LogP contribution in [0.15, 0.2) is 36.7 Å². The SMILES string of the molecule is CCN(C)c1ccc(C(=O)Nc2cnn(CC3CCCO3)c2)cc1. The summed E-state index contributed by atoms with van der Waals surface area (Å²) in [6, 6.07) is 7.60. The van der Waals surface area contributed by atoms with Crippen LogP contribution in [0.3, 0.4) is 0 Å². The molecule has 1 aliphatic heterocycles. The van der Waals surface area contributed by atoms with Crippen LogP contribution in [0.1, 0.15) is 30.1 Å². The molecule has 1 N–H and O–H groups in total. The van der Waals surface area contributed by atoms with Crippen molar-refractivity contribution in [3.8, 4) is 0 Å². The lowest BCUT2D eigenvalue weighted by atomic mass is 10.2. The van der Waals surface area contributed by atoms with Gasteiger partial charge in [0.25, 0.3) is 5.91 Å². The van der Waals surface area contributed by atoms with Crippen LogP contribution in [0.4, 0.5) is 11.4 Å². The number of hydrogen-bond acceptors (Lipinski definition) is 4. The topological polar surface area (TPSA) is 59.4 Å². The monoisotopic (exact) mass is 328 g/mol. The van der Waals surface area contributed by atoms with Crippen molar-refractivity contribution in [3.63, 3.8) is 0 Å². The lowest BCUT2D eigenvalue weighted by molar-refractivity contribution is 0.0940. The molecule has 1 amide bonds. The molecular formula is C18H24N4O2. The van der Waals surface area contributed by atoms with E-state index in [2.05, 4.69) is 22.2 Å². The molecule has 6 nitrogen and oxygen atoms in total. The molecule has 0 radical (unpaired) electrons. The Morgan fingerprint density at radius 1 is 1.42 bits per heavy atom. The van der Waals surface area contributed by atoms with Gasteiger partial charge in [-0.3, -0.25) is 9.48 Å². The molecule has 0 aliphatic carbocycles. The van der Waals surface area contributed by atoms with Crippen molar-refractivity contribution in [2.75, 3.05) is 30.4 Å². The number of carbonyl (C=O) groups is 1. The number of rotatable bonds is 6. The Morgan fingerprint density at radius 2 is 2.21 bits per heavy atom. The zero-order valence-electron chi connectivity index (χ0n) is 14.2. The molecular weight excluding hydrogens is 304 g/mol. The second-order valence-corrected chi connectivity index (χ2v) is 6.10. The number of aromatic nitrogens is 2. The van der Waals surface area contributed by atoms with E-state index in [1.165, 1.54) is 0 Å². The summed E-state index contributed by atoms with van der Waals surface area (Å²) in [5.41, 5.74) is 2.43. The molecule has 1 aliphatic rings.